The van der Waals surface area contributed by atoms with E-state index in [-0.39, 0.29) is 6.04 Å². The average Bonchev–Trinajstić information content (AvgIpc) is 2.37. The molecule has 2 atom stereocenters. The molecule has 98 valence electrons. The highest BCUT2D eigenvalue weighted by atomic mass is 16.5. The lowest BCUT2D eigenvalue weighted by molar-refractivity contribution is 0.182. The van der Waals surface area contributed by atoms with Gasteiger partial charge in [-0.25, -0.2) is 0 Å². The summed E-state index contributed by atoms with van der Waals surface area (Å²) >= 11 is 0. The molecule has 0 amide bonds. The molecule has 0 radical (unpaired) electrons. The van der Waals surface area contributed by atoms with Crippen LogP contribution in [0.25, 0.3) is 0 Å². The van der Waals surface area contributed by atoms with Crippen LogP contribution < -0.4 is 4.90 Å². The Labute approximate surface area is 108 Å². The van der Waals surface area contributed by atoms with Gasteiger partial charge in [0.25, 0.3) is 0 Å². The number of aliphatic hydroxyl groups is 1. The number of nitrogens with zero attached hydrogens (tertiary/aromatic N) is 2. The summed E-state index contributed by atoms with van der Waals surface area (Å²) < 4.78 is 5.13. The van der Waals surface area contributed by atoms with Crippen LogP contribution in [0.2, 0.25) is 0 Å². The van der Waals surface area contributed by atoms with Crippen LogP contribution in [0.15, 0.2) is 18.2 Å². The van der Waals surface area contributed by atoms with Crippen molar-refractivity contribution in [3.8, 4) is 6.07 Å². The Morgan fingerprint density at radius 2 is 2.11 bits per heavy atom. The summed E-state index contributed by atoms with van der Waals surface area (Å²) in [5.74, 6) is 0. The van der Waals surface area contributed by atoms with Crippen LogP contribution in [0.1, 0.15) is 31.1 Å². The molecule has 0 aliphatic heterocycles. The molecule has 4 nitrogen and oxygen atoms in total. The van der Waals surface area contributed by atoms with E-state index in [4.69, 9.17) is 10.00 Å². The fourth-order valence-corrected chi connectivity index (χ4v) is 1.86. The molecular formula is C14H20N2O2. The summed E-state index contributed by atoms with van der Waals surface area (Å²) in [6, 6.07) is 7.61. The number of aliphatic hydroxyl groups excluding tert-OH is 1. The minimum atomic E-state index is -0.565. The van der Waals surface area contributed by atoms with Gasteiger partial charge in [0.15, 0.2) is 0 Å². The zero-order valence-corrected chi connectivity index (χ0v) is 11.3. The third-order valence-electron chi connectivity index (χ3n) is 3.06. The van der Waals surface area contributed by atoms with Crippen LogP contribution in [0.3, 0.4) is 0 Å². The summed E-state index contributed by atoms with van der Waals surface area (Å²) in [7, 11) is 3.59. The first-order chi connectivity index (χ1) is 8.51. The number of hydrogen-bond acceptors (Lipinski definition) is 4. The van der Waals surface area contributed by atoms with E-state index in [1.807, 2.05) is 18.9 Å². The normalized spacial score (nSPS) is 13.8. The maximum absolute atomic E-state index is 9.79. The number of benzene rings is 1. The molecule has 1 unspecified atom stereocenters. The molecule has 0 fully saturated rings. The number of rotatable bonds is 5. The number of methoxy groups -OCH3 is 1. The van der Waals surface area contributed by atoms with Crippen molar-refractivity contribution in [3.63, 3.8) is 0 Å². The minimum absolute atomic E-state index is 0.168. The van der Waals surface area contributed by atoms with Crippen molar-refractivity contribution in [2.75, 3.05) is 25.7 Å². The van der Waals surface area contributed by atoms with Gasteiger partial charge in [0.1, 0.15) is 0 Å². The molecule has 1 aromatic rings. The van der Waals surface area contributed by atoms with E-state index in [1.165, 1.54) is 0 Å². The molecule has 1 aromatic carbocycles. The number of likely N-dealkylation sites (N-methyl/N-ethyl adjacent to an activating group) is 1. The predicted molar refractivity (Wildman–Crippen MR) is 71.5 cm³/mol. The Balaban J connectivity index is 3.15. The van der Waals surface area contributed by atoms with Gasteiger partial charge in [-0.2, -0.15) is 5.26 Å². The second kappa shape index (κ2) is 6.39. The van der Waals surface area contributed by atoms with Crippen LogP contribution in [0, 0.1) is 11.3 Å². The van der Waals surface area contributed by atoms with E-state index < -0.39 is 6.10 Å². The molecular weight excluding hydrogens is 228 g/mol. The minimum Gasteiger partial charge on any atom is -0.389 e. The molecule has 0 bridgehead atoms. The van der Waals surface area contributed by atoms with E-state index in [1.54, 1.807) is 32.2 Å². The number of hydrogen-bond donors (Lipinski definition) is 1. The summed E-state index contributed by atoms with van der Waals surface area (Å²) in [6.45, 7) is 4.35. The first-order valence-corrected chi connectivity index (χ1v) is 5.95. The third kappa shape index (κ3) is 3.22. The Morgan fingerprint density at radius 1 is 1.44 bits per heavy atom. The van der Waals surface area contributed by atoms with E-state index >= 15 is 0 Å². The molecule has 0 saturated carbocycles. The second-order valence-electron chi connectivity index (χ2n) is 4.48. The maximum Gasteiger partial charge on any atom is 0.0992 e. The zero-order chi connectivity index (χ0) is 13.7. The smallest absolute Gasteiger partial charge is 0.0992 e. The van der Waals surface area contributed by atoms with Gasteiger partial charge in [0, 0.05) is 31.5 Å². The van der Waals surface area contributed by atoms with Crippen LogP contribution in [0.4, 0.5) is 5.69 Å². The monoisotopic (exact) mass is 248 g/mol. The quantitative estimate of drug-likeness (QED) is 0.866. The highest BCUT2D eigenvalue weighted by molar-refractivity contribution is 5.58. The zero-order valence-electron chi connectivity index (χ0n) is 11.3. The van der Waals surface area contributed by atoms with Gasteiger partial charge >= 0.3 is 0 Å². The van der Waals surface area contributed by atoms with Gasteiger partial charge in [0.05, 0.1) is 24.3 Å². The molecule has 0 heterocycles. The molecule has 4 heteroatoms. The van der Waals surface area contributed by atoms with E-state index in [2.05, 4.69) is 6.07 Å². The molecule has 0 aliphatic carbocycles. The highest BCUT2D eigenvalue weighted by Crippen LogP contribution is 2.28. The fraction of sp³-hybridized carbons (Fsp3) is 0.500. The van der Waals surface area contributed by atoms with E-state index in [0.29, 0.717) is 12.2 Å². The van der Waals surface area contributed by atoms with Crippen LogP contribution in [-0.2, 0) is 4.74 Å². The standard InChI is InChI=1S/C14H20N2O2/c1-10(9-18-4)16(3)14-7-12(8-15)5-6-13(14)11(2)17/h5-7,10-11,17H,9H2,1-4H3/t10?,11-/m0/s1. The predicted octanol–water partition coefficient (Wildman–Crippen LogP) is 2.08. The van der Waals surface area contributed by atoms with Gasteiger partial charge in [0.2, 0.25) is 0 Å². The van der Waals surface area contributed by atoms with Crippen LogP contribution >= 0.6 is 0 Å². The lowest BCUT2D eigenvalue weighted by Crippen LogP contribution is -2.33. The van der Waals surface area contributed by atoms with Crippen molar-refractivity contribution in [2.45, 2.75) is 26.0 Å². The summed E-state index contributed by atoms with van der Waals surface area (Å²) in [5, 5.41) is 18.7. The van der Waals surface area contributed by atoms with E-state index in [9.17, 15) is 5.11 Å². The SMILES string of the molecule is COCC(C)N(C)c1cc(C#N)ccc1[C@H](C)O. The largest absolute Gasteiger partial charge is 0.389 e. The first-order valence-electron chi connectivity index (χ1n) is 5.95. The van der Waals surface area contributed by atoms with Gasteiger partial charge < -0.3 is 14.7 Å². The van der Waals surface area contributed by atoms with Gasteiger partial charge in [-0.05, 0) is 26.0 Å². The van der Waals surface area contributed by atoms with Gasteiger partial charge in [-0.3, -0.25) is 0 Å². The third-order valence-corrected chi connectivity index (χ3v) is 3.06. The first kappa shape index (κ1) is 14.5. The van der Waals surface area contributed by atoms with Crippen LogP contribution in [0.5, 0.6) is 0 Å². The van der Waals surface area contributed by atoms with Crippen molar-refractivity contribution >= 4 is 5.69 Å². The number of anilines is 1. The molecule has 18 heavy (non-hydrogen) atoms. The van der Waals surface area contributed by atoms with Crippen molar-refractivity contribution in [3.05, 3.63) is 29.3 Å². The summed E-state index contributed by atoms with van der Waals surface area (Å²) in [5.41, 5.74) is 2.28. The fourth-order valence-electron chi connectivity index (χ4n) is 1.86. The molecule has 0 saturated heterocycles. The van der Waals surface area contributed by atoms with Crippen LogP contribution in [-0.4, -0.2) is 31.9 Å². The second-order valence-corrected chi connectivity index (χ2v) is 4.48. The van der Waals surface area contributed by atoms with Crippen molar-refractivity contribution in [1.29, 1.82) is 5.26 Å². The lowest BCUT2D eigenvalue weighted by atomic mass is 10.0. The van der Waals surface area contributed by atoms with Crippen molar-refractivity contribution in [2.24, 2.45) is 0 Å². The maximum atomic E-state index is 9.79. The molecule has 0 aliphatic rings. The Kier molecular flexibility index (Phi) is 5.14. The van der Waals surface area contributed by atoms with Gasteiger partial charge in [-0.1, -0.05) is 6.07 Å². The number of nitriles is 1. The topological polar surface area (TPSA) is 56.5 Å². The molecule has 0 spiro atoms. The van der Waals surface area contributed by atoms with Crippen molar-refractivity contribution in [1.82, 2.24) is 0 Å². The van der Waals surface area contributed by atoms with E-state index in [0.717, 1.165) is 11.3 Å². The Morgan fingerprint density at radius 3 is 2.61 bits per heavy atom. The lowest BCUT2D eigenvalue weighted by Gasteiger charge is -2.29. The number of ether oxygens (including phenoxy) is 1. The van der Waals surface area contributed by atoms with Crippen molar-refractivity contribution < 1.29 is 9.84 Å². The Hall–Kier alpha value is -1.57. The average molecular weight is 248 g/mol. The summed E-state index contributed by atoms with van der Waals surface area (Å²) in [6.07, 6.45) is -0.565. The molecule has 1 rings (SSSR count). The Bertz CT molecular complexity index is 438. The van der Waals surface area contributed by atoms with Gasteiger partial charge in [-0.15, -0.1) is 0 Å². The molecule has 1 N–H and O–H groups in total. The highest BCUT2D eigenvalue weighted by Gasteiger charge is 2.16. The molecule has 0 aromatic heterocycles. The summed E-state index contributed by atoms with van der Waals surface area (Å²) in [4.78, 5) is 2.02.